The van der Waals surface area contributed by atoms with E-state index < -0.39 is 126 Å². The Morgan fingerprint density at radius 1 is 0.808 bits per heavy atom. The molecule has 3 heterocycles. The minimum Gasteiger partial charge on any atom is -0.453 e. The predicted molar refractivity (Wildman–Crippen MR) is 263 cm³/mol. The van der Waals surface area contributed by atoms with Crippen molar-refractivity contribution in [2.75, 3.05) is 58.9 Å². The Balaban J connectivity index is 1.51. The second kappa shape index (κ2) is 25.5. The number of rotatable bonds is 20. The van der Waals surface area contributed by atoms with Crippen molar-refractivity contribution in [2.45, 2.75) is 83.8 Å². The van der Waals surface area contributed by atoms with E-state index in [-0.39, 0.29) is 5.56 Å². The van der Waals surface area contributed by atoms with E-state index in [0.717, 1.165) is 52.3 Å². The van der Waals surface area contributed by atoms with Gasteiger partial charge in [0.15, 0.2) is 0 Å². The molecule has 2 aliphatic heterocycles. The minimum absolute atomic E-state index is 0.267. The zero-order chi connectivity index (χ0) is 58.1. The van der Waals surface area contributed by atoms with Crippen LogP contribution < -0.4 is 31.6 Å². The number of carbonyl (C=O) groups is 4. The highest BCUT2D eigenvalue weighted by Gasteiger charge is 2.57. The Kier molecular flexibility index (Phi) is 20.2. The molecule has 2 fully saturated rings. The average Bonchev–Trinajstić information content (AvgIpc) is 3.94. The minimum atomic E-state index is -5.24. The van der Waals surface area contributed by atoms with Crippen LogP contribution in [-0.2, 0) is 32.0 Å². The summed E-state index contributed by atoms with van der Waals surface area (Å²) in [5.74, 6) is 1.76. The molecule has 2 saturated heterocycles. The number of hydrogen-bond acceptors (Lipinski definition) is 13. The molecule has 78 heavy (non-hydrogen) atoms. The zero-order valence-corrected chi connectivity index (χ0v) is 43.3. The van der Waals surface area contributed by atoms with Crippen molar-refractivity contribution in [3.63, 3.8) is 0 Å². The van der Waals surface area contributed by atoms with E-state index in [2.05, 4.69) is 48.5 Å². The first-order valence-corrected chi connectivity index (χ1v) is 24.0. The van der Waals surface area contributed by atoms with Gasteiger partial charge in [0.25, 0.3) is 5.91 Å². The van der Waals surface area contributed by atoms with Gasteiger partial charge in [-0.3, -0.25) is 15.0 Å². The molecule has 0 saturated carbocycles. The summed E-state index contributed by atoms with van der Waals surface area (Å²) in [4.78, 5) is 61.8. The molecule has 0 radical (unpaired) electrons. The van der Waals surface area contributed by atoms with E-state index >= 15 is 8.78 Å². The summed E-state index contributed by atoms with van der Waals surface area (Å²) < 4.78 is 153. The predicted octanol–water partition coefficient (Wildman–Crippen LogP) is 6.00. The van der Waals surface area contributed by atoms with Crippen LogP contribution in [-0.4, -0.2) is 147 Å². The average molecular weight is 1120 g/mol. The maximum absolute atomic E-state index is 15.9. The van der Waals surface area contributed by atoms with Crippen LogP contribution in [0.15, 0.2) is 67.0 Å². The first-order valence-electron chi connectivity index (χ1n) is 24.0. The lowest BCUT2D eigenvalue weighted by Gasteiger charge is -2.38. The molecular weight excluding hydrogens is 1050 g/mol. The van der Waals surface area contributed by atoms with E-state index in [1.54, 1.807) is 16.8 Å². The van der Waals surface area contributed by atoms with Gasteiger partial charge in [0.05, 0.1) is 42.9 Å². The number of aromatic nitrogens is 1. The van der Waals surface area contributed by atoms with Gasteiger partial charge in [0.2, 0.25) is 5.91 Å². The molecule has 1 aromatic heterocycles. The molecule has 27 heteroatoms. The van der Waals surface area contributed by atoms with Crippen molar-refractivity contribution in [1.82, 2.24) is 41.6 Å². The normalized spacial score (nSPS) is 17.6. The maximum Gasteiger partial charge on any atom is 0.407 e. The van der Waals surface area contributed by atoms with Crippen molar-refractivity contribution in [3.8, 4) is 11.8 Å². The summed E-state index contributed by atoms with van der Waals surface area (Å²) in [5, 5.41) is 28.0. The summed E-state index contributed by atoms with van der Waals surface area (Å²) >= 11 is 0. The number of likely N-dealkylation sites (tertiary alicyclic amines) is 1. The standard InChI is InChI=1S/C51H60F10N10O7/c1-48(2,50(56,57)58)41(66-46(75)77-6)43(73)65-38(18-29-11-8-28(9-12-29)10-13-30-14-15-40(64-21-30)70-24-32-22-69(5)23-33(32)25-70)39(72)27-71(68-44(74)42(67-47(76)78-7)49(3,4)51(59,60)61)26-34-35(52)19-31(20-36(34)53)37(62)16-17-63-45(54)55/h8-9,11-12,14-17,19-21,32-33,38-39,41-42,45,62-63,72H,18,22-27H2,1-7H3,(H,65,73)(H,66,75)(H,67,76)(H,68,74)/b17-16-,62-37?/t32-,33+,38-,39-,41+,42+/m0/s1. The molecular formula is C51H60F10N10O7. The van der Waals surface area contributed by atoms with Crippen LogP contribution in [0, 0.1) is 51.6 Å². The Labute approximate surface area is 442 Å². The van der Waals surface area contributed by atoms with Gasteiger partial charge in [-0.25, -0.2) is 28.4 Å². The number of hydrazine groups is 1. The van der Waals surface area contributed by atoms with Gasteiger partial charge in [0.1, 0.15) is 29.5 Å². The Morgan fingerprint density at radius 3 is 1.81 bits per heavy atom. The number of alkyl carbamates (subject to hydrolysis) is 2. The zero-order valence-electron chi connectivity index (χ0n) is 43.3. The number of nitrogens with zero attached hydrogens (tertiary/aromatic N) is 4. The van der Waals surface area contributed by atoms with Gasteiger partial charge in [-0.15, -0.1) is 0 Å². The number of ether oxygens (including phenoxy) is 2. The van der Waals surface area contributed by atoms with E-state index in [1.165, 1.54) is 24.3 Å². The molecule has 2 aromatic carbocycles. The van der Waals surface area contributed by atoms with Crippen LogP contribution in [0.2, 0.25) is 0 Å². The van der Waals surface area contributed by atoms with Gasteiger partial charge in [-0.05, 0) is 101 Å². The molecule has 17 nitrogen and oxygen atoms in total. The number of fused-ring (bicyclic) bond motifs is 1. The van der Waals surface area contributed by atoms with Crippen LogP contribution in [0.5, 0.6) is 0 Å². The largest absolute Gasteiger partial charge is 0.453 e. The Hall–Kier alpha value is -7.18. The lowest BCUT2D eigenvalue weighted by molar-refractivity contribution is -0.221. The molecule has 0 unspecified atom stereocenters. The summed E-state index contributed by atoms with van der Waals surface area (Å²) in [7, 11) is 3.69. The number of amides is 4. The summed E-state index contributed by atoms with van der Waals surface area (Å²) in [6, 6.07) is 4.07. The number of hydrogen-bond donors (Lipinski definition) is 7. The first kappa shape index (κ1) is 61.7. The number of carbonyl (C=O) groups excluding carboxylic acids is 4. The fourth-order valence-corrected chi connectivity index (χ4v) is 8.69. The van der Waals surface area contributed by atoms with E-state index in [0.29, 0.717) is 74.0 Å². The first-order chi connectivity index (χ1) is 36.3. The van der Waals surface area contributed by atoms with Crippen LogP contribution in [0.1, 0.15) is 55.5 Å². The van der Waals surface area contributed by atoms with E-state index in [9.17, 15) is 59.4 Å². The Bertz CT molecular complexity index is 2680. The van der Waals surface area contributed by atoms with Crippen LogP contribution in [0.25, 0.3) is 0 Å². The van der Waals surface area contributed by atoms with Crippen molar-refractivity contribution in [1.29, 1.82) is 5.41 Å². The summed E-state index contributed by atoms with van der Waals surface area (Å²) in [6.07, 6.45) is -13.0. The lowest BCUT2D eigenvalue weighted by atomic mass is 9.82. The number of halogens is 10. The molecule has 0 bridgehead atoms. The molecule has 6 atom stereocenters. The van der Waals surface area contributed by atoms with Crippen LogP contribution in [0.3, 0.4) is 0 Å². The maximum atomic E-state index is 15.9. The van der Waals surface area contributed by atoms with Gasteiger partial charge in [-0.2, -0.15) is 35.1 Å². The second-order valence-electron chi connectivity index (χ2n) is 20.0. The number of pyridine rings is 1. The molecule has 5 rings (SSSR count). The number of aliphatic hydroxyl groups is 1. The van der Waals surface area contributed by atoms with Crippen molar-refractivity contribution in [3.05, 3.63) is 106 Å². The van der Waals surface area contributed by atoms with Crippen LogP contribution >= 0.6 is 0 Å². The van der Waals surface area contributed by atoms with Gasteiger partial charge in [0, 0.05) is 73.9 Å². The molecule has 7 N–H and O–H groups in total. The topological polar surface area (TPSA) is 214 Å². The molecule has 426 valence electrons. The fourth-order valence-electron chi connectivity index (χ4n) is 8.69. The third kappa shape index (κ3) is 15.7. The molecule has 2 aliphatic rings. The van der Waals surface area contributed by atoms with Gasteiger partial charge < -0.3 is 51.1 Å². The number of aliphatic hydroxyl groups excluding tert-OH is 1. The quantitative estimate of drug-likeness (QED) is 0.0228. The molecule has 0 spiro atoms. The highest BCUT2D eigenvalue weighted by Crippen LogP contribution is 2.42. The smallest absolute Gasteiger partial charge is 0.407 e. The van der Waals surface area contributed by atoms with Crippen molar-refractivity contribution < 1.29 is 77.7 Å². The monoisotopic (exact) mass is 1110 g/mol. The summed E-state index contributed by atoms with van der Waals surface area (Å²) in [6.45, 7) is 0.702. The number of allylic oxidation sites excluding steroid dienone is 1. The van der Waals surface area contributed by atoms with Crippen LogP contribution in [0.4, 0.5) is 59.3 Å². The van der Waals surface area contributed by atoms with Crippen molar-refractivity contribution in [2.24, 2.45) is 22.7 Å². The van der Waals surface area contributed by atoms with Gasteiger partial charge in [-0.1, -0.05) is 24.0 Å². The molecule has 3 aromatic rings. The lowest BCUT2D eigenvalue weighted by Crippen LogP contribution is -2.63. The van der Waals surface area contributed by atoms with Gasteiger partial charge >= 0.3 is 31.1 Å². The fraction of sp³-hybridized carbons (Fsp3) is 0.490. The summed E-state index contributed by atoms with van der Waals surface area (Å²) in [5.41, 5.74) is -5.00. The van der Waals surface area contributed by atoms with E-state index in [1.807, 2.05) is 22.9 Å². The number of benzene rings is 2. The number of alkyl halides is 8. The SMILES string of the molecule is COC(=O)N[C@H](C(=O)N[C@@H](Cc1ccc(C#Cc2ccc(N3C[C@H]4CN(C)C[C@H]4C3)nc2)cc1)[C@@H](O)CN(Cc1c(F)cc(C(=N)/C=C\NC(F)F)cc1F)NC(=O)[C@@H](NC(=O)OC)C(C)(C)C(F)(F)F)C(C)(C)C(F)(F)F. The third-order valence-electron chi connectivity index (χ3n) is 13.6. The van der Waals surface area contributed by atoms with Crippen molar-refractivity contribution >= 4 is 35.5 Å². The third-order valence-corrected chi connectivity index (χ3v) is 13.6. The Morgan fingerprint density at radius 2 is 1.32 bits per heavy atom. The number of anilines is 1. The molecule has 4 amide bonds. The highest BCUT2D eigenvalue weighted by atomic mass is 19.4. The highest BCUT2D eigenvalue weighted by molar-refractivity contribution is 6.06. The number of nitrogens with one attached hydrogen (secondary N) is 6. The number of methoxy groups -OCH3 is 2. The van der Waals surface area contributed by atoms with E-state index in [4.69, 9.17) is 5.41 Å². The molecule has 0 aliphatic carbocycles. The second-order valence-corrected chi connectivity index (χ2v) is 20.0.